The molecule has 0 aliphatic rings. The minimum atomic E-state index is -4.18. The maximum absolute atomic E-state index is 15.2. The third-order valence-corrected chi connectivity index (χ3v) is 11.5. The number of ether oxygens (including phenoxy) is 1. The summed E-state index contributed by atoms with van der Waals surface area (Å²) in [4.78, 5) is 13.4. The first-order chi connectivity index (χ1) is 19.6. The van der Waals surface area contributed by atoms with Crippen molar-refractivity contribution in [1.82, 2.24) is 4.72 Å². The number of hydrogen-bond donors (Lipinski definition) is 1. The van der Waals surface area contributed by atoms with Gasteiger partial charge in [0.2, 0.25) is 15.9 Å². The Kier molecular flexibility index (Phi) is 10.3. The third-order valence-electron chi connectivity index (χ3n) is 6.37. The molecule has 0 bridgehead atoms. The zero-order valence-corrected chi connectivity index (χ0v) is 25.9. The van der Waals surface area contributed by atoms with Crippen molar-refractivity contribution in [2.24, 2.45) is 0 Å². The number of nitrogens with one attached hydrogen (secondary N) is 1. The summed E-state index contributed by atoms with van der Waals surface area (Å²) in [5.41, 5.74) is 2.29. The molecular formula is C31H31BrNO6PS. The Morgan fingerprint density at radius 1 is 0.878 bits per heavy atom. The number of sulfonamides is 1. The van der Waals surface area contributed by atoms with E-state index in [9.17, 15) is 13.2 Å². The minimum absolute atomic E-state index is 0.00596. The molecule has 0 amide bonds. The highest BCUT2D eigenvalue weighted by Crippen LogP contribution is 2.64. The van der Waals surface area contributed by atoms with Gasteiger partial charge in [-0.1, -0.05) is 94.3 Å². The van der Waals surface area contributed by atoms with Crippen LogP contribution in [-0.4, -0.2) is 26.8 Å². The number of carbonyl (C=O) groups excluding carboxylic acids is 1. The van der Waals surface area contributed by atoms with E-state index in [2.05, 4.69) is 20.7 Å². The first-order valence-electron chi connectivity index (χ1n) is 13.0. The molecule has 214 valence electrons. The Hall–Kier alpha value is -3.07. The van der Waals surface area contributed by atoms with Crippen molar-refractivity contribution in [3.05, 3.63) is 136 Å². The van der Waals surface area contributed by atoms with Crippen LogP contribution in [0.25, 0.3) is 0 Å². The molecule has 4 aromatic rings. The smallest absolute Gasteiger partial charge is 0.339 e. The van der Waals surface area contributed by atoms with E-state index in [4.69, 9.17) is 9.26 Å². The predicted molar refractivity (Wildman–Crippen MR) is 163 cm³/mol. The largest absolute Gasteiger partial charge is 0.443 e. The zero-order valence-electron chi connectivity index (χ0n) is 22.6. The fraction of sp³-hybridized carbons (Fsp3) is 0.194. The van der Waals surface area contributed by atoms with E-state index >= 15 is 4.57 Å². The molecule has 0 saturated carbocycles. The van der Waals surface area contributed by atoms with Crippen LogP contribution in [0, 0.1) is 6.92 Å². The van der Waals surface area contributed by atoms with Gasteiger partial charge in [0.1, 0.15) is 5.78 Å². The minimum Gasteiger partial charge on any atom is -0.443 e. The normalized spacial score (nSPS) is 14.5. The van der Waals surface area contributed by atoms with Gasteiger partial charge in [-0.15, -0.1) is 0 Å². The highest BCUT2D eigenvalue weighted by Gasteiger charge is 2.47. The Balaban J connectivity index is 1.82. The van der Waals surface area contributed by atoms with Crippen LogP contribution in [-0.2, 0) is 30.3 Å². The van der Waals surface area contributed by atoms with E-state index < -0.39 is 35.0 Å². The van der Waals surface area contributed by atoms with Crippen LogP contribution in [0.15, 0.2) is 119 Å². The summed E-state index contributed by atoms with van der Waals surface area (Å²) in [5.74, 6) is -3.38. The van der Waals surface area contributed by atoms with E-state index in [1.54, 1.807) is 73.7 Å². The summed E-state index contributed by atoms with van der Waals surface area (Å²) in [6.45, 7) is 3.52. The molecule has 0 fully saturated rings. The van der Waals surface area contributed by atoms with Gasteiger partial charge in [-0.3, -0.25) is 4.57 Å². The number of aryl methyl sites for hydroxylation is 1. The van der Waals surface area contributed by atoms with E-state index in [1.165, 1.54) is 12.1 Å². The molecule has 4 rings (SSSR count). The van der Waals surface area contributed by atoms with Crippen LogP contribution in [0.4, 0.5) is 0 Å². The molecule has 0 saturated heterocycles. The maximum atomic E-state index is 15.2. The van der Waals surface area contributed by atoms with Gasteiger partial charge in [0.25, 0.3) is 7.37 Å². The molecule has 10 heteroatoms. The lowest BCUT2D eigenvalue weighted by Gasteiger charge is -2.33. The van der Waals surface area contributed by atoms with E-state index in [0.717, 1.165) is 15.6 Å². The van der Waals surface area contributed by atoms with E-state index in [0.29, 0.717) is 5.56 Å². The van der Waals surface area contributed by atoms with Crippen molar-refractivity contribution in [3.8, 4) is 0 Å². The van der Waals surface area contributed by atoms with Crippen LogP contribution in [0.3, 0.4) is 0 Å². The second-order valence-electron chi connectivity index (χ2n) is 9.38. The van der Waals surface area contributed by atoms with Crippen LogP contribution in [0.5, 0.6) is 0 Å². The molecule has 0 heterocycles. The maximum Gasteiger partial charge on any atom is 0.339 e. The molecule has 3 atom stereocenters. The van der Waals surface area contributed by atoms with Gasteiger partial charge >= 0.3 is 5.97 Å². The number of halogens is 1. The van der Waals surface area contributed by atoms with Crippen molar-refractivity contribution >= 4 is 39.3 Å². The van der Waals surface area contributed by atoms with Crippen molar-refractivity contribution in [1.29, 1.82) is 0 Å². The summed E-state index contributed by atoms with van der Waals surface area (Å²) in [6.07, 6.45) is 0.0301. The Morgan fingerprint density at radius 3 is 2.05 bits per heavy atom. The lowest BCUT2D eigenvalue weighted by Crippen LogP contribution is -2.38. The van der Waals surface area contributed by atoms with Gasteiger partial charge in [0.05, 0.1) is 17.1 Å². The average Bonchev–Trinajstić information content (AvgIpc) is 2.97. The van der Waals surface area contributed by atoms with Crippen LogP contribution in [0.2, 0.25) is 0 Å². The summed E-state index contributed by atoms with van der Waals surface area (Å²) < 4.78 is 57.8. The second kappa shape index (κ2) is 13.7. The first-order valence-corrected chi connectivity index (χ1v) is 17.0. The van der Waals surface area contributed by atoms with E-state index in [-0.39, 0.29) is 23.5 Å². The average molecular weight is 657 g/mol. The second-order valence-corrected chi connectivity index (χ2v) is 14.6. The van der Waals surface area contributed by atoms with Gasteiger partial charge in [0.15, 0.2) is 0 Å². The molecule has 7 nitrogen and oxygen atoms in total. The molecular weight excluding hydrogens is 625 g/mol. The van der Waals surface area contributed by atoms with Crippen LogP contribution < -0.4 is 4.72 Å². The molecule has 1 N–H and O–H groups in total. The lowest BCUT2D eigenvalue weighted by molar-refractivity contribution is 0.0409. The molecule has 0 aliphatic heterocycles. The van der Waals surface area contributed by atoms with E-state index in [1.807, 2.05) is 37.3 Å². The fourth-order valence-corrected chi connectivity index (χ4v) is 8.97. The number of carbonyl (C=O) groups is 1. The predicted octanol–water partition coefficient (Wildman–Crippen LogP) is 7.48. The molecule has 0 aliphatic carbocycles. The quantitative estimate of drug-likeness (QED) is 0.126. The monoisotopic (exact) mass is 655 g/mol. The van der Waals surface area contributed by atoms with Gasteiger partial charge in [-0.25, -0.2) is 13.2 Å². The van der Waals surface area contributed by atoms with Gasteiger partial charge < -0.3 is 9.26 Å². The van der Waals surface area contributed by atoms with Crippen molar-refractivity contribution < 1.29 is 27.0 Å². The molecule has 41 heavy (non-hydrogen) atoms. The number of hydrogen-bond acceptors (Lipinski definition) is 6. The standard InChI is InChI=1S/C31H31BrNO6PS/c1-3-38-40(35,31(26-12-8-5-9-13-26)39-30(34)25-16-18-27(32)19-17-25)29(22-24-10-6-4-7-11-24)33-41(36,37)28-20-14-23(2)15-21-28/h4-21,29,31,33H,3,22H2,1-2H3/t29-,31+,40?/m1/s1. The topological polar surface area (TPSA) is 98.8 Å². The van der Waals surface area contributed by atoms with Crippen LogP contribution >= 0.6 is 23.3 Å². The van der Waals surface area contributed by atoms with Gasteiger partial charge in [-0.05, 0) is 62.2 Å². The zero-order chi connectivity index (χ0) is 29.5. The van der Waals surface area contributed by atoms with Crippen molar-refractivity contribution in [2.75, 3.05) is 6.61 Å². The highest BCUT2D eigenvalue weighted by atomic mass is 79.9. The summed E-state index contributed by atoms with van der Waals surface area (Å²) in [5, 5.41) is 0. The third kappa shape index (κ3) is 7.82. The molecule has 0 radical (unpaired) electrons. The molecule has 4 aromatic carbocycles. The lowest BCUT2D eigenvalue weighted by atomic mass is 10.1. The Labute approximate surface area is 249 Å². The SMILES string of the molecule is CCOP(=O)([C@H](Cc1ccccc1)NS(=O)(=O)c1ccc(C)cc1)[C@H](OC(=O)c1ccc(Br)cc1)c1ccccc1. The molecule has 1 unspecified atom stereocenters. The Bertz CT molecular complexity index is 1600. The van der Waals surface area contributed by atoms with Crippen LogP contribution in [0.1, 0.15) is 39.8 Å². The fourth-order valence-electron chi connectivity index (χ4n) is 4.29. The number of rotatable bonds is 12. The Morgan fingerprint density at radius 2 is 1.46 bits per heavy atom. The first kappa shape index (κ1) is 30.9. The van der Waals surface area contributed by atoms with Crippen molar-refractivity contribution in [2.45, 2.75) is 36.8 Å². The summed E-state index contributed by atoms with van der Waals surface area (Å²) >= 11 is 3.35. The number of benzene rings is 4. The highest BCUT2D eigenvalue weighted by molar-refractivity contribution is 9.10. The number of esters is 1. The molecule has 0 spiro atoms. The van der Waals surface area contributed by atoms with Gasteiger partial charge in [-0.2, -0.15) is 4.72 Å². The van der Waals surface area contributed by atoms with Gasteiger partial charge in [0, 0.05) is 10.0 Å². The summed E-state index contributed by atoms with van der Waals surface area (Å²) in [7, 11) is -8.33. The van der Waals surface area contributed by atoms with Crippen molar-refractivity contribution in [3.63, 3.8) is 0 Å². The molecule has 0 aromatic heterocycles. The summed E-state index contributed by atoms with van der Waals surface area (Å²) in [6, 6.07) is 30.6.